The van der Waals surface area contributed by atoms with Crippen molar-refractivity contribution in [3.05, 3.63) is 30.1 Å². The molecule has 2 aliphatic rings. The predicted molar refractivity (Wildman–Crippen MR) is 79.4 cm³/mol. The number of hydrogen-bond donors (Lipinski definition) is 1. The molecule has 3 rings (SSSR count). The number of nitrogens with zero attached hydrogens (tertiary/aromatic N) is 2. The van der Waals surface area contributed by atoms with Crippen LogP contribution >= 0.6 is 0 Å². The van der Waals surface area contributed by atoms with E-state index in [4.69, 9.17) is 4.74 Å². The lowest BCUT2D eigenvalue weighted by molar-refractivity contribution is 0.0716. The third-order valence-electron chi connectivity index (χ3n) is 4.98. The maximum atomic E-state index is 5.49. The van der Waals surface area contributed by atoms with Crippen molar-refractivity contribution in [2.45, 2.75) is 19.4 Å². The second kappa shape index (κ2) is 6.20. The first kappa shape index (κ1) is 14.0. The molecule has 1 atom stereocenters. The molecule has 3 heterocycles. The molecule has 1 aromatic heterocycles. The molecule has 2 fully saturated rings. The highest BCUT2D eigenvalue weighted by molar-refractivity contribution is 5.10. The maximum absolute atomic E-state index is 5.49. The minimum Gasteiger partial charge on any atom is -0.384 e. The number of aromatic nitrogens is 1. The molecule has 0 bridgehead atoms. The van der Waals surface area contributed by atoms with Crippen LogP contribution < -0.4 is 5.32 Å². The molecule has 110 valence electrons. The number of rotatable bonds is 4. The fourth-order valence-corrected chi connectivity index (χ4v) is 3.94. The van der Waals surface area contributed by atoms with Gasteiger partial charge in [-0.25, -0.2) is 0 Å². The Labute approximate surface area is 121 Å². The van der Waals surface area contributed by atoms with Crippen LogP contribution in [0.15, 0.2) is 24.5 Å². The Bertz CT molecular complexity index is 417. The van der Waals surface area contributed by atoms with E-state index in [9.17, 15) is 0 Å². The van der Waals surface area contributed by atoms with Gasteiger partial charge in [-0.1, -0.05) is 6.07 Å². The van der Waals surface area contributed by atoms with Gasteiger partial charge in [0.2, 0.25) is 0 Å². The van der Waals surface area contributed by atoms with Gasteiger partial charge < -0.3 is 10.1 Å². The quantitative estimate of drug-likeness (QED) is 0.904. The zero-order valence-electron chi connectivity index (χ0n) is 12.3. The first-order valence-electron chi connectivity index (χ1n) is 7.63. The molecule has 4 nitrogen and oxygen atoms in total. The highest BCUT2D eigenvalue weighted by atomic mass is 16.5. The normalized spacial score (nSPS) is 26.1. The summed E-state index contributed by atoms with van der Waals surface area (Å²) in [5.74, 6) is 0.672. The molecule has 1 unspecified atom stereocenters. The van der Waals surface area contributed by atoms with Gasteiger partial charge in [-0.15, -0.1) is 0 Å². The standard InChI is InChI=1S/C16H25N3O/c1-20-12-15-11-19(10-14-3-2-6-18-9-14)13-16(15)4-7-17-8-5-16/h2-3,6,9,15,17H,4-5,7-8,10-13H2,1H3. The van der Waals surface area contributed by atoms with Crippen molar-refractivity contribution in [3.8, 4) is 0 Å². The van der Waals surface area contributed by atoms with Crippen LogP contribution in [0.3, 0.4) is 0 Å². The van der Waals surface area contributed by atoms with Gasteiger partial charge in [-0.3, -0.25) is 9.88 Å². The lowest BCUT2D eigenvalue weighted by Gasteiger charge is -2.38. The van der Waals surface area contributed by atoms with Crippen molar-refractivity contribution < 1.29 is 4.74 Å². The van der Waals surface area contributed by atoms with Crippen molar-refractivity contribution in [1.29, 1.82) is 0 Å². The molecule has 2 aliphatic heterocycles. The molecular weight excluding hydrogens is 250 g/mol. The minimum atomic E-state index is 0.462. The number of nitrogens with one attached hydrogen (secondary N) is 1. The van der Waals surface area contributed by atoms with Crippen LogP contribution in [-0.4, -0.2) is 49.8 Å². The Balaban J connectivity index is 1.69. The van der Waals surface area contributed by atoms with E-state index in [1.54, 1.807) is 0 Å². The molecule has 4 heteroatoms. The average molecular weight is 275 g/mol. The summed E-state index contributed by atoms with van der Waals surface area (Å²) < 4.78 is 5.49. The predicted octanol–water partition coefficient (Wildman–Crippen LogP) is 1.53. The van der Waals surface area contributed by atoms with Gasteiger partial charge >= 0.3 is 0 Å². The van der Waals surface area contributed by atoms with Gasteiger partial charge in [0.05, 0.1) is 6.61 Å². The molecule has 0 saturated carbocycles. The molecule has 2 saturated heterocycles. The van der Waals surface area contributed by atoms with E-state index in [1.807, 2.05) is 25.6 Å². The smallest absolute Gasteiger partial charge is 0.0508 e. The topological polar surface area (TPSA) is 37.4 Å². The van der Waals surface area contributed by atoms with Crippen LogP contribution in [0.1, 0.15) is 18.4 Å². The van der Waals surface area contributed by atoms with E-state index in [0.29, 0.717) is 11.3 Å². The van der Waals surface area contributed by atoms with Crippen molar-refractivity contribution >= 4 is 0 Å². The third-order valence-corrected chi connectivity index (χ3v) is 4.98. The number of likely N-dealkylation sites (tertiary alicyclic amines) is 1. The first-order chi connectivity index (χ1) is 9.82. The SMILES string of the molecule is COCC1CN(Cc2cccnc2)CC12CCNCC2. The Morgan fingerprint density at radius 3 is 3.00 bits per heavy atom. The monoisotopic (exact) mass is 275 g/mol. The maximum Gasteiger partial charge on any atom is 0.0508 e. The summed E-state index contributed by atoms with van der Waals surface area (Å²) >= 11 is 0. The van der Waals surface area contributed by atoms with Gasteiger partial charge in [0.25, 0.3) is 0 Å². The number of pyridine rings is 1. The van der Waals surface area contributed by atoms with Gasteiger partial charge in [-0.05, 0) is 43.0 Å². The summed E-state index contributed by atoms with van der Waals surface area (Å²) in [5, 5.41) is 3.49. The van der Waals surface area contributed by atoms with Crippen LogP contribution in [-0.2, 0) is 11.3 Å². The summed E-state index contributed by atoms with van der Waals surface area (Å²) in [4.78, 5) is 6.81. The van der Waals surface area contributed by atoms with E-state index in [1.165, 1.54) is 24.9 Å². The molecule has 1 spiro atoms. The van der Waals surface area contributed by atoms with Gasteiger partial charge in [-0.2, -0.15) is 0 Å². The number of piperidine rings is 1. The van der Waals surface area contributed by atoms with Crippen molar-refractivity contribution in [2.24, 2.45) is 11.3 Å². The summed E-state index contributed by atoms with van der Waals surface area (Å²) in [5.41, 5.74) is 1.78. The van der Waals surface area contributed by atoms with E-state index >= 15 is 0 Å². The van der Waals surface area contributed by atoms with Crippen molar-refractivity contribution in [2.75, 3.05) is 39.9 Å². The second-order valence-electron chi connectivity index (χ2n) is 6.30. The Morgan fingerprint density at radius 2 is 2.30 bits per heavy atom. The van der Waals surface area contributed by atoms with E-state index in [2.05, 4.69) is 21.3 Å². The summed E-state index contributed by atoms with van der Waals surface area (Å²) in [7, 11) is 1.83. The highest BCUT2D eigenvalue weighted by Crippen LogP contribution is 2.43. The molecule has 0 radical (unpaired) electrons. The zero-order chi connectivity index (χ0) is 13.8. The van der Waals surface area contributed by atoms with Crippen LogP contribution in [0.25, 0.3) is 0 Å². The van der Waals surface area contributed by atoms with Gasteiger partial charge in [0, 0.05) is 45.1 Å². The van der Waals surface area contributed by atoms with E-state index < -0.39 is 0 Å². The largest absolute Gasteiger partial charge is 0.384 e. The molecular formula is C16H25N3O. The zero-order valence-corrected chi connectivity index (χ0v) is 12.3. The Morgan fingerprint density at radius 1 is 1.45 bits per heavy atom. The van der Waals surface area contributed by atoms with Crippen LogP contribution in [0.2, 0.25) is 0 Å². The second-order valence-corrected chi connectivity index (χ2v) is 6.30. The van der Waals surface area contributed by atoms with Crippen LogP contribution in [0.4, 0.5) is 0 Å². The van der Waals surface area contributed by atoms with Crippen LogP contribution in [0.5, 0.6) is 0 Å². The lowest BCUT2D eigenvalue weighted by Crippen LogP contribution is -2.43. The molecule has 0 aliphatic carbocycles. The highest BCUT2D eigenvalue weighted by Gasteiger charge is 2.46. The Kier molecular flexibility index (Phi) is 4.34. The molecule has 20 heavy (non-hydrogen) atoms. The fourth-order valence-electron chi connectivity index (χ4n) is 3.94. The minimum absolute atomic E-state index is 0.462. The number of ether oxygens (including phenoxy) is 1. The summed E-state index contributed by atoms with van der Waals surface area (Å²) in [6.07, 6.45) is 6.39. The van der Waals surface area contributed by atoms with Crippen molar-refractivity contribution in [1.82, 2.24) is 15.2 Å². The molecule has 0 amide bonds. The number of methoxy groups -OCH3 is 1. The van der Waals surface area contributed by atoms with Gasteiger partial charge in [0.15, 0.2) is 0 Å². The third kappa shape index (κ3) is 2.87. The molecule has 1 aromatic rings. The van der Waals surface area contributed by atoms with Crippen LogP contribution in [0, 0.1) is 11.3 Å². The lowest BCUT2D eigenvalue weighted by atomic mass is 9.71. The fraction of sp³-hybridized carbons (Fsp3) is 0.688. The summed E-state index contributed by atoms with van der Waals surface area (Å²) in [6.45, 7) is 6.58. The molecule has 0 aromatic carbocycles. The average Bonchev–Trinajstić information content (AvgIpc) is 2.78. The van der Waals surface area contributed by atoms with E-state index in [-0.39, 0.29) is 0 Å². The molecule has 1 N–H and O–H groups in total. The van der Waals surface area contributed by atoms with Gasteiger partial charge in [0.1, 0.15) is 0 Å². The summed E-state index contributed by atoms with van der Waals surface area (Å²) in [6, 6.07) is 4.20. The van der Waals surface area contributed by atoms with Crippen molar-refractivity contribution in [3.63, 3.8) is 0 Å². The first-order valence-corrected chi connectivity index (χ1v) is 7.63. The number of hydrogen-bond acceptors (Lipinski definition) is 4. The Hall–Kier alpha value is -0.970. The van der Waals surface area contributed by atoms with E-state index in [0.717, 1.165) is 32.8 Å².